The van der Waals surface area contributed by atoms with Crippen LogP contribution in [0.1, 0.15) is 16.9 Å². The van der Waals surface area contributed by atoms with Crippen molar-refractivity contribution in [2.75, 3.05) is 18.7 Å². The first-order valence-corrected chi connectivity index (χ1v) is 12.2. The summed E-state index contributed by atoms with van der Waals surface area (Å²) < 4.78 is 17.2. The van der Waals surface area contributed by atoms with Gasteiger partial charge in [-0.2, -0.15) is 0 Å². The van der Waals surface area contributed by atoms with Gasteiger partial charge in [0.05, 0.1) is 5.39 Å². The van der Waals surface area contributed by atoms with Crippen molar-refractivity contribution in [2.24, 2.45) is 0 Å². The molecule has 0 spiro atoms. The average molecular weight is 486 g/mol. The first-order chi connectivity index (χ1) is 17.2. The molecule has 0 atom stereocenters. The van der Waals surface area contributed by atoms with E-state index in [1.54, 1.807) is 29.7 Å². The standard InChI is InChI=1S/C27H24FN5OS/c1-18-15-23-25(32-26(33-27(23)35-18)24-12-14-29-17-31-24)30-13-2-3-19-4-6-20(7-5-19)21-8-10-22(11-9-21)34-16-28/h4-12,14-15,17H,2-3,13,16H2,1H3,(H,30,32,33). The van der Waals surface area contributed by atoms with E-state index < -0.39 is 6.86 Å². The lowest BCUT2D eigenvalue weighted by molar-refractivity contribution is 0.192. The van der Waals surface area contributed by atoms with Gasteiger partial charge in [0.15, 0.2) is 5.82 Å². The van der Waals surface area contributed by atoms with Crippen LogP contribution in [0.4, 0.5) is 10.2 Å². The fourth-order valence-corrected chi connectivity index (χ4v) is 4.76. The molecule has 1 N–H and O–H groups in total. The molecule has 0 fully saturated rings. The summed E-state index contributed by atoms with van der Waals surface area (Å²) in [7, 11) is 0. The van der Waals surface area contributed by atoms with Gasteiger partial charge in [0.2, 0.25) is 6.86 Å². The topological polar surface area (TPSA) is 72.8 Å². The summed E-state index contributed by atoms with van der Waals surface area (Å²) in [4.78, 5) is 19.9. The van der Waals surface area contributed by atoms with Crippen LogP contribution >= 0.6 is 11.3 Å². The van der Waals surface area contributed by atoms with Crippen LogP contribution < -0.4 is 10.1 Å². The van der Waals surface area contributed by atoms with Crippen LogP contribution in [0.15, 0.2) is 73.2 Å². The molecule has 0 aliphatic rings. The highest BCUT2D eigenvalue weighted by Crippen LogP contribution is 2.30. The number of anilines is 1. The number of alkyl halides is 1. The molecule has 5 rings (SSSR count). The Morgan fingerprint density at radius 1 is 0.971 bits per heavy atom. The number of hydrogen-bond donors (Lipinski definition) is 1. The maximum atomic E-state index is 12.3. The van der Waals surface area contributed by atoms with E-state index in [0.717, 1.165) is 46.5 Å². The first kappa shape index (κ1) is 22.9. The quantitative estimate of drug-likeness (QED) is 0.241. The molecule has 0 amide bonds. The number of thiophene rings is 1. The minimum absolute atomic E-state index is 0.531. The molecule has 0 saturated heterocycles. The Morgan fingerprint density at radius 2 is 1.74 bits per heavy atom. The SMILES string of the molecule is Cc1cc2c(NCCCc3ccc(-c4ccc(OCF)cc4)cc3)nc(-c3ccncn3)nc2s1. The van der Waals surface area contributed by atoms with Crippen molar-refractivity contribution in [3.63, 3.8) is 0 Å². The van der Waals surface area contributed by atoms with Crippen LogP contribution in [-0.4, -0.2) is 33.3 Å². The molecular weight excluding hydrogens is 461 g/mol. The van der Waals surface area contributed by atoms with E-state index in [-0.39, 0.29) is 0 Å². The summed E-state index contributed by atoms with van der Waals surface area (Å²) in [6, 6.07) is 19.9. The van der Waals surface area contributed by atoms with E-state index in [1.807, 2.05) is 18.2 Å². The number of ether oxygens (including phenoxy) is 1. The molecular formula is C27H24FN5OS. The Kier molecular flexibility index (Phi) is 6.90. The normalized spacial score (nSPS) is 11.0. The molecule has 5 aromatic rings. The lowest BCUT2D eigenvalue weighted by Crippen LogP contribution is -2.06. The molecule has 0 aliphatic heterocycles. The van der Waals surface area contributed by atoms with Crippen molar-refractivity contribution in [1.82, 2.24) is 19.9 Å². The number of nitrogens with one attached hydrogen (secondary N) is 1. The van der Waals surface area contributed by atoms with Gasteiger partial charge < -0.3 is 10.1 Å². The Labute approximate surface area is 206 Å². The van der Waals surface area contributed by atoms with Gasteiger partial charge in [-0.1, -0.05) is 36.4 Å². The predicted octanol–water partition coefficient (Wildman–Crippen LogP) is 6.47. The molecule has 0 aliphatic carbocycles. The Balaban J connectivity index is 1.22. The third kappa shape index (κ3) is 5.44. The summed E-state index contributed by atoms with van der Waals surface area (Å²) in [6.07, 6.45) is 5.12. The van der Waals surface area contributed by atoms with Gasteiger partial charge in [-0.15, -0.1) is 11.3 Å². The van der Waals surface area contributed by atoms with Gasteiger partial charge in [0.1, 0.15) is 28.4 Å². The van der Waals surface area contributed by atoms with Crippen molar-refractivity contribution >= 4 is 27.4 Å². The number of halogens is 1. The van der Waals surface area contributed by atoms with Crippen LogP contribution in [0.25, 0.3) is 32.9 Å². The second-order valence-corrected chi connectivity index (χ2v) is 9.31. The van der Waals surface area contributed by atoms with Crippen molar-refractivity contribution in [3.05, 3.63) is 83.6 Å². The van der Waals surface area contributed by atoms with Crippen molar-refractivity contribution in [1.29, 1.82) is 0 Å². The highest BCUT2D eigenvalue weighted by Gasteiger charge is 2.12. The Hall–Kier alpha value is -3.91. The van der Waals surface area contributed by atoms with E-state index in [1.165, 1.54) is 16.8 Å². The van der Waals surface area contributed by atoms with Crippen LogP contribution in [0.5, 0.6) is 5.75 Å². The first-order valence-electron chi connectivity index (χ1n) is 11.4. The lowest BCUT2D eigenvalue weighted by atomic mass is 10.0. The molecule has 0 saturated carbocycles. The van der Waals surface area contributed by atoms with E-state index in [4.69, 9.17) is 14.7 Å². The molecule has 3 heterocycles. The number of hydrogen-bond acceptors (Lipinski definition) is 7. The van der Waals surface area contributed by atoms with Crippen LogP contribution in [-0.2, 0) is 6.42 Å². The van der Waals surface area contributed by atoms with Crippen molar-refractivity contribution in [3.8, 4) is 28.4 Å². The second kappa shape index (κ2) is 10.6. The van der Waals surface area contributed by atoms with Crippen LogP contribution in [0, 0.1) is 6.92 Å². The summed E-state index contributed by atoms with van der Waals surface area (Å²) >= 11 is 1.66. The van der Waals surface area contributed by atoms with Gasteiger partial charge in [-0.25, -0.2) is 24.3 Å². The maximum absolute atomic E-state index is 12.3. The Bertz CT molecular complexity index is 1410. The molecule has 8 heteroatoms. The minimum atomic E-state index is -0.818. The summed E-state index contributed by atoms with van der Waals surface area (Å²) in [6.45, 7) is 2.05. The number of aryl methyl sites for hydroxylation is 2. The fourth-order valence-electron chi connectivity index (χ4n) is 3.88. The van der Waals surface area contributed by atoms with Gasteiger partial charge in [0.25, 0.3) is 0 Å². The number of fused-ring (bicyclic) bond motifs is 1. The third-order valence-corrected chi connectivity index (χ3v) is 6.57. The maximum Gasteiger partial charge on any atom is 0.228 e. The molecule has 3 aromatic heterocycles. The van der Waals surface area contributed by atoms with Gasteiger partial charge in [-0.3, -0.25) is 0 Å². The van der Waals surface area contributed by atoms with Gasteiger partial charge in [0, 0.05) is 17.6 Å². The van der Waals surface area contributed by atoms with Crippen molar-refractivity contribution < 1.29 is 9.13 Å². The largest absolute Gasteiger partial charge is 0.463 e. The number of benzene rings is 2. The van der Waals surface area contributed by atoms with Crippen LogP contribution in [0.2, 0.25) is 0 Å². The predicted molar refractivity (Wildman–Crippen MR) is 138 cm³/mol. The highest BCUT2D eigenvalue weighted by molar-refractivity contribution is 7.18. The van der Waals surface area contributed by atoms with E-state index >= 15 is 0 Å². The smallest absolute Gasteiger partial charge is 0.228 e. The number of aromatic nitrogens is 4. The fraction of sp³-hybridized carbons (Fsp3) is 0.185. The zero-order valence-electron chi connectivity index (χ0n) is 19.2. The van der Waals surface area contributed by atoms with E-state index in [2.05, 4.69) is 52.5 Å². The van der Waals surface area contributed by atoms with Gasteiger partial charge in [-0.05, 0) is 60.7 Å². The van der Waals surface area contributed by atoms with E-state index in [0.29, 0.717) is 17.3 Å². The molecule has 35 heavy (non-hydrogen) atoms. The average Bonchev–Trinajstić information content (AvgIpc) is 3.28. The zero-order valence-corrected chi connectivity index (χ0v) is 20.1. The molecule has 0 bridgehead atoms. The summed E-state index contributed by atoms with van der Waals surface area (Å²) in [5.74, 6) is 1.97. The summed E-state index contributed by atoms with van der Waals surface area (Å²) in [5.41, 5.74) is 4.17. The number of rotatable bonds is 9. The van der Waals surface area contributed by atoms with Gasteiger partial charge >= 0.3 is 0 Å². The Morgan fingerprint density at radius 3 is 2.46 bits per heavy atom. The van der Waals surface area contributed by atoms with Crippen molar-refractivity contribution in [2.45, 2.75) is 19.8 Å². The number of nitrogens with zero attached hydrogens (tertiary/aromatic N) is 4. The zero-order chi connectivity index (χ0) is 24.0. The monoisotopic (exact) mass is 485 g/mol. The molecule has 6 nitrogen and oxygen atoms in total. The summed E-state index contributed by atoms with van der Waals surface area (Å²) in [5, 5.41) is 4.55. The molecule has 2 aromatic carbocycles. The lowest BCUT2D eigenvalue weighted by Gasteiger charge is -2.09. The van der Waals surface area contributed by atoms with Crippen LogP contribution in [0.3, 0.4) is 0 Å². The molecule has 0 unspecified atom stereocenters. The third-order valence-electron chi connectivity index (χ3n) is 5.62. The second-order valence-electron chi connectivity index (χ2n) is 8.07. The van der Waals surface area contributed by atoms with E-state index in [9.17, 15) is 4.39 Å². The molecule has 0 radical (unpaired) electrons. The minimum Gasteiger partial charge on any atom is -0.463 e. The highest BCUT2D eigenvalue weighted by atomic mass is 32.1. The molecule has 176 valence electrons.